The minimum Gasteiger partial charge on any atom is -0.446 e. The molecule has 4 N–H and O–H groups in total. The van der Waals surface area contributed by atoms with Gasteiger partial charge in [-0.15, -0.1) is 0 Å². The summed E-state index contributed by atoms with van der Waals surface area (Å²) in [6, 6.07) is 1.95. The zero-order valence-corrected chi connectivity index (χ0v) is 10.8. The molecule has 1 amide bonds. The number of hydrogen-bond acceptors (Lipinski definition) is 4. The summed E-state index contributed by atoms with van der Waals surface area (Å²) in [4.78, 5) is 11.5. The number of ether oxygens (including phenoxy) is 1. The highest BCUT2D eigenvalue weighted by Crippen LogP contribution is 2.35. The van der Waals surface area contributed by atoms with Crippen molar-refractivity contribution in [2.24, 2.45) is 0 Å². The fraction of sp³-hybridized carbons (Fsp3) is 0.667. The van der Waals surface area contributed by atoms with Crippen LogP contribution in [0, 0.1) is 0 Å². The highest BCUT2D eigenvalue weighted by Gasteiger charge is 2.29. The van der Waals surface area contributed by atoms with Crippen LogP contribution in [-0.2, 0) is 4.74 Å². The van der Waals surface area contributed by atoms with E-state index in [1.54, 1.807) is 0 Å². The Morgan fingerprint density at radius 1 is 1.61 bits per heavy atom. The first-order valence-corrected chi connectivity index (χ1v) is 6.32. The van der Waals surface area contributed by atoms with Crippen molar-refractivity contribution < 1.29 is 9.53 Å². The topological polar surface area (TPSA) is 93.0 Å². The molecule has 0 bridgehead atoms. The first-order chi connectivity index (χ1) is 8.54. The number of nitrogen functional groups attached to an aromatic ring is 1. The van der Waals surface area contributed by atoms with Crippen LogP contribution >= 0.6 is 0 Å². The Balaban J connectivity index is 1.83. The summed E-state index contributed by atoms with van der Waals surface area (Å²) in [5, 5.41) is 9.57. The number of nitrogens with one attached hydrogen (secondary N) is 2. The molecule has 0 aromatic carbocycles. The Bertz CT molecular complexity index is 416. The molecule has 1 aromatic heterocycles. The minimum atomic E-state index is -0.334. The summed E-state index contributed by atoms with van der Waals surface area (Å²) in [5.41, 5.74) is 6.61. The van der Waals surface area contributed by atoms with Crippen LogP contribution < -0.4 is 11.1 Å². The van der Waals surface area contributed by atoms with Crippen LogP contribution in [0.2, 0.25) is 0 Å². The molecule has 100 valence electrons. The number of H-pyrrole nitrogens is 1. The van der Waals surface area contributed by atoms with Gasteiger partial charge >= 0.3 is 6.09 Å². The van der Waals surface area contributed by atoms with Gasteiger partial charge in [-0.25, -0.2) is 4.79 Å². The molecule has 1 aromatic rings. The normalized spacial score (nSPS) is 23.3. The first-order valence-electron chi connectivity index (χ1n) is 6.32. The molecule has 2 rings (SSSR count). The van der Waals surface area contributed by atoms with Crippen LogP contribution in [0.1, 0.15) is 44.7 Å². The van der Waals surface area contributed by atoms with Crippen molar-refractivity contribution in [3.05, 3.63) is 11.8 Å². The number of carbonyl (C=O) groups is 1. The molecular formula is C12H20N4O2. The first kappa shape index (κ1) is 12.7. The molecule has 1 saturated carbocycles. The van der Waals surface area contributed by atoms with Crippen molar-refractivity contribution in [1.82, 2.24) is 15.5 Å². The van der Waals surface area contributed by atoms with Gasteiger partial charge in [0.05, 0.1) is 0 Å². The highest BCUT2D eigenvalue weighted by molar-refractivity contribution is 5.67. The van der Waals surface area contributed by atoms with E-state index in [1.165, 1.54) is 0 Å². The fourth-order valence-corrected chi connectivity index (χ4v) is 2.31. The number of alkyl carbamates (subject to hydrolysis) is 1. The molecule has 18 heavy (non-hydrogen) atoms. The van der Waals surface area contributed by atoms with Crippen molar-refractivity contribution >= 4 is 11.9 Å². The maximum absolute atomic E-state index is 11.5. The van der Waals surface area contributed by atoms with Crippen molar-refractivity contribution in [3.63, 3.8) is 0 Å². The number of carbonyl (C=O) groups excluding carboxylic acids is 1. The molecule has 1 aliphatic carbocycles. The van der Waals surface area contributed by atoms with Gasteiger partial charge in [0.15, 0.2) is 0 Å². The van der Waals surface area contributed by atoms with Crippen molar-refractivity contribution in [1.29, 1.82) is 0 Å². The molecule has 0 saturated heterocycles. The lowest BCUT2D eigenvalue weighted by Crippen LogP contribution is -2.33. The predicted octanol–water partition coefficient (Wildman–Crippen LogP) is 1.76. The SMILES string of the molecule is CC(C)NC(=O)O[C@H]1CC[C@@H](c2cc(N)n[nH]2)C1. The fourth-order valence-electron chi connectivity index (χ4n) is 2.31. The van der Waals surface area contributed by atoms with Crippen LogP contribution in [0.5, 0.6) is 0 Å². The average Bonchev–Trinajstić information content (AvgIpc) is 2.85. The summed E-state index contributed by atoms with van der Waals surface area (Å²) in [6.07, 6.45) is 2.35. The Morgan fingerprint density at radius 2 is 2.39 bits per heavy atom. The molecule has 2 atom stereocenters. The average molecular weight is 252 g/mol. The van der Waals surface area contributed by atoms with Gasteiger partial charge in [-0.05, 0) is 33.1 Å². The second-order valence-corrected chi connectivity index (χ2v) is 5.08. The maximum Gasteiger partial charge on any atom is 0.407 e. The van der Waals surface area contributed by atoms with Crippen LogP contribution in [0.15, 0.2) is 6.07 Å². The van der Waals surface area contributed by atoms with E-state index in [-0.39, 0.29) is 18.2 Å². The third kappa shape index (κ3) is 3.15. The lowest BCUT2D eigenvalue weighted by Gasteiger charge is -2.14. The molecule has 0 unspecified atom stereocenters. The highest BCUT2D eigenvalue weighted by atomic mass is 16.6. The van der Waals surface area contributed by atoms with Crippen molar-refractivity contribution in [3.8, 4) is 0 Å². The Hall–Kier alpha value is -1.72. The second kappa shape index (κ2) is 5.29. The molecular weight excluding hydrogens is 232 g/mol. The van der Waals surface area contributed by atoms with Gasteiger partial charge in [0, 0.05) is 23.7 Å². The van der Waals surface area contributed by atoms with Gasteiger partial charge in [0.1, 0.15) is 11.9 Å². The monoisotopic (exact) mass is 252 g/mol. The summed E-state index contributed by atoms with van der Waals surface area (Å²) in [6.45, 7) is 3.82. The third-order valence-corrected chi connectivity index (χ3v) is 3.12. The zero-order valence-electron chi connectivity index (χ0n) is 10.8. The van der Waals surface area contributed by atoms with Gasteiger partial charge in [0.2, 0.25) is 0 Å². The van der Waals surface area contributed by atoms with E-state index in [0.717, 1.165) is 25.0 Å². The number of anilines is 1. The van der Waals surface area contributed by atoms with E-state index in [1.807, 2.05) is 19.9 Å². The van der Waals surface area contributed by atoms with Crippen LogP contribution in [0.25, 0.3) is 0 Å². The summed E-state index contributed by atoms with van der Waals surface area (Å²) in [7, 11) is 0. The lowest BCUT2D eigenvalue weighted by molar-refractivity contribution is 0.0981. The molecule has 1 heterocycles. The van der Waals surface area contributed by atoms with Crippen molar-refractivity contribution in [2.75, 3.05) is 5.73 Å². The summed E-state index contributed by atoms with van der Waals surface area (Å²) >= 11 is 0. The number of nitrogens with two attached hydrogens (primary N) is 1. The number of aromatic nitrogens is 2. The number of hydrogen-bond donors (Lipinski definition) is 3. The standard InChI is InChI=1S/C12H20N4O2/c1-7(2)14-12(17)18-9-4-3-8(5-9)10-6-11(13)16-15-10/h6-9H,3-5H2,1-2H3,(H,14,17)(H3,13,15,16)/t8-,9+/m1/s1. The second-order valence-electron chi connectivity index (χ2n) is 5.08. The largest absolute Gasteiger partial charge is 0.446 e. The summed E-state index contributed by atoms with van der Waals surface area (Å²) < 4.78 is 5.37. The molecule has 0 spiro atoms. The molecule has 1 aliphatic rings. The molecule has 0 aliphatic heterocycles. The zero-order chi connectivity index (χ0) is 13.1. The number of rotatable bonds is 3. The summed E-state index contributed by atoms with van der Waals surface area (Å²) in [5.74, 6) is 0.860. The number of aromatic amines is 1. The van der Waals surface area contributed by atoms with Gasteiger partial charge in [-0.1, -0.05) is 0 Å². The van der Waals surface area contributed by atoms with Gasteiger partial charge < -0.3 is 15.8 Å². The quantitative estimate of drug-likeness (QED) is 0.764. The van der Waals surface area contributed by atoms with E-state index in [9.17, 15) is 4.79 Å². The molecule has 1 fully saturated rings. The van der Waals surface area contributed by atoms with E-state index < -0.39 is 0 Å². The van der Waals surface area contributed by atoms with Gasteiger partial charge in [-0.3, -0.25) is 5.10 Å². The van der Waals surface area contributed by atoms with Crippen LogP contribution in [0.4, 0.5) is 10.6 Å². The minimum absolute atomic E-state index is 0.0155. The van der Waals surface area contributed by atoms with E-state index in [2.05, 4.69) is 15.5 Å². The van der Waals surface area contributed by atoms with Crippen LogP contribution in [-0.4, -0.2) is 28.4 Å². The molecule has 0 radical (unpaired) electrons. The smallest absolute Gasteiger partial charge is 0.407 e. The number of amides is 1. The van der Waals surface area contributed by atoms with Crippen molar-refractivity contribution in [2.45, 2.75) is 51.2 Å². The Kier molecular flexibility index (Phi) is 3.74. The van der Waals surface area contributed by atoms with Gasteiger partial charge in [-0.2, -0.15) is 5.10 Å². The number of nitrogens with zero attached hydrogens (tertiary/aromatic N) is 1. The van der Waals surface area contributed by atoms with E-state index in [0.29, 0.717) is 11.7 Å². The van der Waals surface area contributed by atoms with E-state index in [4.69, 9.17) is 10.5 Å². The molecule has 6 nitrogen and oxygen atoms in total. The predicted molar refractivity (Wildman–Crippen MR) is 68.1 cm³/mol. The third-order valence-electron chi connectivity index (χ3n) is 3.12. The van der Waals surface area contributed by atoms with Gasteiger partial charge in [0.25, 0.3) is 0 Å². The molecule has 6 heteroatoms. The lowest BCUT2D eigenvalue weighted by atomic mass is 10.0. The van der Waals surface area contributed by atoms with Crippen LogP contribution in [0.3, 0.4) is 0 Å². The maximum atomic E-state index is 11.5. The van der Waals surface area contributed by atoms with E-state index >= 15 is 0 Å². The Morgan fingerprint density at radius 3 is 3.00 bits per heavy atom. The Labute approximate surface area is 106 Å².